The number of benzene rings is 1. The number of carbonyl (C=O) groups is 3. The number of anilines is 1. The molecule has 1 spiro atoms. The molecule has 3 saturated heterocycles. The molecule has 1 aromatic heterocycles. The third-order valence-corrected chi connectivity index (χ3v) is 6.81. The number of carboxylic acid groups (broad SMARTS) is 1. The van der Waals surface area contributed by atoms with E-state index >= 15 is 0 Å². The number of rotatable bonds is 2. The maximum absolute atomic E-state index is 13.1. The van der Waals surface area contributed by atoms with Crippen molar-refractivity contribution in [3.05, 3.63) is 24.3 Å². The predicted octanol–water partition coefficient (Wildman–Crippen LogP) is 1.33. The summed E-state index contributed by atoms with van der Waals surface area (Å²) >= 11 is 1.50. The van der Waals surface area contributed by atoms with Gasteiger partial charge in [0.1, 0.15) is 0 Å². The lowest BCUT2D eigenvalue weighted by atomic mass is 9.98. The van der Waals surface area contributed by atoms with Crippen LogP contribution in [0.4, 0.5) is 5.13 Å². The molecule has 2 unspecified atom stereocenters. The van der Waals surface area contributed by atoms with Gasteiger partial charge in [0.25, 0.3) is 5.97 Å². The van der Waals surface area contributed by atoms with Crippen LogP contribution in [0.3, 0.4) is 0 Å². The summed E-state index contributed by atoms with van der Waals surface area (Å²) in [5, 5.41) is 11.4. The number of nitrogens with one attached hydrogen (secondary N) is 1. The van der Waals surface area contributed by atoms with Gasteiger partial charge < -0.3 is 20.1 Å². The van der Waals surface area contributed by atoms with E-state index in [1.165, 1.54) is 11.3 Å². The van der Waals surface area contributed by atoms with Crippen molar-refractivity contribution in [2.24, 2.45) is 5.92 Å². The molecule has 4 heterocycles. The molecule has 5 rings (SSSR count). The maximum atomic E-state index is 13.1. The number of ether oxygens (including phenoxy) is 1. The number of aromatic nitrogens is 1. The molecule has 0 aliphatic carbocycles. The van der Waals surface area contributed by atoms with Gasteiger partial charge in [-0.1, -0.05) is 23.5 Å². The summed E-state index contributed by atoms with van der Waals surface area (Å²) in [6, 6.07) is 7.86. The Bertz CT molecular complexity index is 950. The minimum absolute atomic E-state index is 0.0158. The summed E-state index contributed by atoms with van der Waals surface area (Å²) in [6.07, 6.45) is 1.19. The highest BCUT2D eigenvalue weighted by atomic mass is 32.1. The van der Waals surface area contributed by atoms with Crippen LogP contribution in [-0.2, 0) is 19.1 Å². The van der Waals surface area contributed by atoms with Crippen molar-refractivity contribution in [2.75, 3.05) is 44.2 Å². The first-order valence-corrected chi connectivity index (χ1v) is 11.2. The second kappa shape index (κ2) is 8.89. The van der Waals surface area contributed by atoms with Gasteiger partial charge in [-0.15, -0.1) is 0 Å². The fourth-order valence-electron chi connectivity index (χ4n) is 4.30. The van der Waals surface area contributed by atoms with Gasteiger partial charge in [-0.3, -0.25) is 19.3 Å². The van der Waals surface area contributed by atoms with Gasteiger partial charge in [-0.2, -0.15) is 0 Å². The second-order valence-electron chi connectivity index (χ2n) is 8.11. The molecule has 31 heavy (non-hydrogen) atoms. The minimum atomic E-state index is -0.833. The zero-order valence-electron chi connectivity index (χ0n) is 17.4. The van der Waals surface area contributed by atoms with Crippen molar-refractivity contribution in [3.63, 3.8) is 0 Å². The van der Waals surface area contributed by atoms with Crippen molar-refractivity contribution >= 4 is 44.5 Å². The van der Waals surface area contributed by atoms with Gasteiger partial charge in [0.15, 0.2) is 5.13 Å². The highest BCUT2D eigenvalue weighted by Crippen LogP contribution is 2.34. The van der Waals surface area contributed by atoms with Gasteiger partial charge in [-0.25, -0.2) is 4.98 Å². The number of hydrogen-bond acceptors (Lipinski definition) is 7. The number of carbonyl (C=O) groups excluding carboxylic acids is 2. The van der Waals surface area contributed by atoms with Gasteiger partial charge in [0, 0.05) is 33.0 Å². The fraction of sp³-hybridized carbons (Fsp3) is 0.524. The van der Waals surface area contributed by atoms with E-state index in [-0.39, 0.29) is 29.8 Å². The number of fused-ring (bicyclic) bond motifs is 1. The summed E-state index contributed by atoms with van der Waals surface area (Å²) in [6.45, 7) is 5.00. The fourth-order valence-corrected chi connectivity index (χ4v) is 5.30. The third kappa shape index (κ3) is 4.70. The van der Waals surface area contributed by atoms with E-state index in [1.807, 2.05) is 29.2 Å². The molecule has 2 N–H and O–H groups in total. The van der Waals surface area contributed by atoms with E-state index in [9.17, 15) is 9.59 Å². The highest BCUT2D eigenvalue weighted by Gasteiger charge is 2.44. The Labute approximate surface area is 184 Å². The Balaban J connectivity index is 0.000000535. The smallest absolute Gasteiger partial charge is 0.300 e. The molecule has 9 nitrogen and oxygen atoms in total. The first-order valence-electron chi connectivity index (χ1n) is 10.4. The van der Waals surface area contributed by atoms with Crippen LogP contribution in [0.2, 0.25) is 0 Å². The van der Waals surface area contributed by atoms with E-state index in [0.29, 0.717) is 31.4 Å². The molecule has 0 radical (unpaired) electrons. The Morgan fingerprint density at radius 1 is 1.35 bits per heavy atom. The van der Waals surface area contributed by atoms with Crippen LogP contribution in [0, 0.1) is 5.92 Å². The van der Waals surface area contributed by atoms with Gasteiger partial charge in [0.2, 0.25) is 11.8 Å². The van der Waals surface area contributed by atoms with E-state index in [1.54, 1.807) is 4.90 Å². The molecule has 1 aromatic carbocycles. The van der Waals surface area contributed by atoms with E-state index < -0.39 is 5.97 Å². The Hall–Kier alpha value is -2.56. The lowest BCUT2D eigenvalue weighted by Crippen LogP contribution is -2.56. The monoisotopic (exact) mass is 446 g/mol. The summed E-state index contributed by atoms with van der Waals surface area (Å²) in [4.78, 5) is 42.8. The van der Waals surface area contributed by atoms with Crippen molar-refractivity contribution in [1.29, 1.82) is 0 Å². The summed E-state index contributed by atoms with van der Waals surface area (Å²) < 4.78 is 7.03. The number of carboxylic acids is 1. The molecular weight excluding hydrogens is 420 g/mol. The van der Waals surface area contributed by atoms with E-state index in [2.05, 4.69) is 10.3 Å². The molecule has 0 bridgehead atoms. The van der Waals surface area contributed by atoms with Gasteiger partial charge in [-0.05, 0) is 25.1 Å². The van der Waals surface area contributed by atoms with Crippen LogP contribution in [0.25, 0.3) is 10.2 Å². The van der Waals surface area contributed by atoms with Crippen molar-refractivity contribution in [2.45, 2.75) is 25.4 Å². The standard InChI is InChI=1S/C19H22N4O3S.C2H4O2/c24-16-9-13(10-23(16)18-21-14-3-1-2-4-15(14)27-18)17(25)22-7-8-26-19(12-22)5-6-20-11-19;1-2(3)4/h1-4,13,20H,5-12H2;1H3,(H,3,4). The quantitative estimate of drug-likeness (QED) is 0.716. The number of hydrogen-bond donors (Lipinski definition) is 2. The SMILES string of the molecule is CC(=O)O.O=C(C1CC(=O)N(c2nc3ccccc3s2)C1)N1CCOC2(CCNC2)C1. The van der Waals surface area contributed by atoms with Crippen LogP contribution >= 0.6 is 11.3 Å². The van der Waals surface area contributed by atoms with Gasteiger partial charge >= 0.3 is 0 Å². The Morgan fingerprint density at radius 2 is 2.13 bits per heavy atom. The van der Waals surface area contributed by atoms with Crippen LogP contribution < -0.4 is 10.2 Å². The number of amides is 2. The summed E-state index contributed by atoms with van der Waals surface area (Å²) in [5.74, 6) is -1.08. The number of nitrogens with zero attached hydrogens (tertiary/aromatic N) is 3. The van der Waals surface area contributed by atoms with Crippen LogP contribution in [0.15, 0.2) is 24.3 Å². The Kier molecular flexibility index (Phi) is 6.22. The van der Waals surface area contributed by atoms with Crippen LogP contribution in [0.1, 0.15) is 19.8 Å². The van der Waals surface area contributed by atoms with Gasteiger partial charge in [0.05, 0.1) is 34.9 Å². The van der Waals surface area contributed by atoms with Crippen LogP contribution in [0.5, 0.6) is 0 Å². The minimum Gasteiger partial charge on any atom is -0.481 e. The topological polar surface area (TPSA) is 112 Å². The molecule has 2 atom stereocenters. The summed E-state index contributed by atoms with van der Waals surface area (Å²) in [5.41, 5.74) is 0.646. The lowest BCUT2D eigenvalue weighted by Gasteiger charge is -2.40. The largest absolute Gasteiger partial charge is 0.481 e. The first-order chi connectivity index (χ1) is 14.9. The van der Waals surface area contributed by atoms with Crippen molar-refractivity contribution in [1.82, 2.24) is 15.2 Å². The number of aliphatic carboxylic acids is 1. The zero-order valence-corrected chi connectivity index (χ0v) is 18.2. The van der Waals surface area contributed by atoms with E-state index in [0.717, 1.165) is 36.7 Å². The highest BCUT2D eigenvalue weighted by molar-refractivity contribution is 7.22. The number of morpholine rings is 1. The average Bonchev–Trinajstić information content (AvgIpc) is 3.45. The van der Waals surface area contributed by atoms with E-state index in [4.69, 9.17) is 14.6 Å². The van der Waals surface area contributed by atoms with Crippen molar-refractivity contribution < 1.29 is 24.2 Å². The molecule has 166 valence electrons. The molecule has 0 saturated carbocycles. The number of para-hydroxylation sites is 1. The molecule has 3 fully saturated rings. The molecule has 3 aliphatic heterocycles. The zero-order chi connectivity index (χ0) is 22.0. The molecule has 10 heteroatoms. The molecular formula is C21H26N4O5S. The molecule has 2 aromatic rings. The normalized spacial score (nSPS) is 25.7. The third-order valence-electron chi connectivity index (χ3n) is 5.75. The summed E-state index contributed by atoms with van der Waals surface area (Å²) in [7, 11) is 0. The number of thiazole rings is 1. The second-order valence-corrected chi connectivity index (χ2v) is 9.12. The van der Waals surface area contributed by atoms with Crippen molar-refractivity contribution in [3.8, 4) is 0 Å². The first kappa shape index (κ1) is 21.7. The molecule has 2 amide bonds. The Morgan fingerprint density at radius 3 is 2.84 bits per heavy atom. The van der Waals surface area contributed by atoms with Crippen LogP contribution in [-0.4, -0.2) is 77.7 Å². The molecule has 3 aliphatic rings. The lowest BCUT2D eigenvalue weighted by molar-refractivity contribution is -0.151. The predicted molar refractivity (Wildman–Crippen MR) is 116 cm³/mol. The maximum Gasteiger partial charge on any atom is 0.300 e. The average molecular weight is 447 g/mol.